The maximum Gasteiger partial charge on any atom is 0.0139 e. The molecule has 13 heavy (non-hydrogen) atoms. The van der Waals surface area contributed by atoms with Crippen LogP contribution in [0.25, 0.3) is 0 Å². The highest BCUT2D eigenvalue weighted by Gasteiger charge is 2.11. The largest absolute Gasteiger partial charge is 0.309 e. The first-order valence-corrected chi connectivity index (χ1v) is 6.23. The average Bonchev–Trinajstić information content (AvgIpc) is 2.48. The minimum atomic E-state index is 0.245. The fourth-order valence-electron chi connectivity index (χ4n) is 1.33. The fourth-order valence-corrected chi connectivity index (χ4v) is 2.55. The maximum absolute atomic E-state index is 3.45. The minimum Gasteiger partial charge on any atom is -0.309 e. The lowest BCUT2D eigenvalue weighted by atomic mass is 10.1. The summed E-state index contributed by atoms with van der Waals surface area (Å²) < 4.78 is 0. The van der Waals surface area contributed by atoms with Crippen LogP contribution >= 0.6 is 11.8 Å². The van der Waals surface area contributed by atoms with Gasteiger partial charge in [0.15, 0.2) is 0 Å². The molecule has 1 aliphatic rings. The van der Waals surface area contributed by atoms with Crippen LogP contribution in [0.5, 0.6) is 0 Å². The fraction of sp³-hybridized carbons (Fsp3) is 0.818. The van der Waals surface area contributed by atoms with Crippen LogP contribution in [0.3, 0.4) is 0 Å². The normalized spacial score (nSPS) is 24.4. The molecule has 1 unspecified atom stereocenters. The summed E-state index contributed by atoms with van der Waals surface area (Å²) in [6.07, 6.45) is 6.03. The van der Waals surface area contributed by atoms with Crippen molar-refractivity contribution in [3.63, 3.8) is 0 Å². The summed E-state index contributed by atoms with van der Waals surface area (Å²) in [4.78, 5) is 0. The Labute approximate surface area is 86.4 Å². The molecular weight excluding hydrogens is 178 g/mol. The molecular formula is C11H21NS. The van der Waals surface area contributed by atoms with Gasteiger partial charge in [-0.3, -0.25) is 0 Å². The van der Waals surface area contributed by atoms with Gasteiger partial charge in [0.25, 0.3) is 0 Å². The number of hydrogen-bond acceptors (Lipinski definition) is 2. The van der Waals surface area contributed by atoms with Crippen molar-refractivity contribution < 1.29 is 0 Å². The summed E-state index contributed by atoms with van der Waals surface area (Å²) in [5.74, 6) is 3.51. The zero-order chi connectivity index (χ0) is 9.73. The summed E-state index contributed by atoms with van der Waals surface area (Å²) in [7, 11) is 0. The molecule has 2 heteroatoms. The van der Waals surface area contributed by atoms with E-state index in [1.165, 1.54) is 17.9 Å². The first kappa shape index (κ1) is 11.1. The Morgan fingerprint density at radius 1 is 1.46 bits per heavy atom. The molecule has 1 aliphatic heterocycles. The molecule has 76 valence electrons. The highest BCUT2D eigenvalue weighted by molar-refractivity contribution is 7.99. The van der Waals surface area contributed by atoms with E-state index in [0.29, 0.717) is 0 Å². The monoisotopic (exact) mass is 199 g/mol. The van der Waals surface area contributed by atoms with E-state index in [0.717, 1.165) is 12.5 Å². The van der Waals surface area contributed by atoms with Crippen LogP contribution in [0.1, 0.15) is 27.2 Å². The van der Waals surface area contributed by atoms with Gasteiger partial charge < -0.3 is 5.32 Å². The molecule has 0 amide bonds. The van der Waals surface area contributed by atoms with Crippen molar-refractivity contribution in [2.45, 2.75) is 32.7 Å². The molecule has 1 N–H and O–H groups in total. The molecule has 0 saturated carbocycles. The van der Waals surface area contributed by atoms with Crippen LogP contribution in [-0.2, 0) is 0 Å². The lowest BCUT2D eigenvalue weighted by molar-refractivity contribution is 0.449. The van der Waals surface area contributed by atoms with E-state index in [2.05, 4.69) is 50.0 Å². The molecule has 0 aliphatic carbocycles. The molecule has 0 aromatic rings. The van der Waals surface area contributed by atoms with Crippen LogP contribution < -0.4 is 5.32 Å². The summed E-state index contributed by atoms with van der Waals surface area (Å²) in [6.45, 7) is 7.61. The van der Waals surface area contributed by atoms with Crippen molar-refractivity contribution in [1.29, 1.82) is 0 Å². The number of thioether (sulfide) groups is 1. The maximum atomic E-state index is 3.45. The standard InChI is InChI=1S/C11H21NS/c1-11(2,3)12-7-4-5-10-6-8-13-9-10/h4-5,10,12H,6-9H2,1-3H3/b5-4+. The third-order valence-electron chi connectivity index (χ3n) is 2.12. The Balaban J connectivity index is 2.10. The average molecular weight is 199 g/mol. The second-order valence-electron chi connectivity index (χ2n) is 4.68. The third-order valence-corrected chi connectivity index (χ3v) is 3.31. The Kier molecular flexibility index (Phi) is 4.33. The number of nitrogens with one attached hydrogen (secondary N) is 1. The van der Waals surface area contributed by atoms with Crippen molar-refractivity contribution in [1.82, 2.24) is 5.32 Å². The summed E-state index contributed by atoms with van der Waals surface area (Å²) in [6, 6.07) is 0. The van der Waals surface area contributed by atoms with E-state index in [1.54, 1.807) is 0 Å². The van der Waals surface area contributed by atoms with Crippen LogP contribution in [0, 0.1) is 5.92 Å². The summed E-state index contributed by atoms with van der Waals surface area (Å²) >= 11 is 2.07. The number of allylic oxidation sites excluding steroid dienone is 1. The summed E-state index contributed by atoms with van der Waals surface area (Å²) in [5, 5.41) is 3.45. The zero-order valence-electron chi connectivity index (χ0n) is 8.97. The Morgan fingerprint density at radius 3 is 2.77 bits per heavy atom. The Hall–Kier alpha value is 0.0500. The number of rotatable bonds is 3. The van der Waals surface area contributed by atoms with Gasteiger partial charge in [-0.1, -0.05) is 12.2 Å². The molecule has 0 aromatic carbocycles. The van der Waals surface area contributed by atoms with Crippen LogP contribution in [0.15, 0.2) is 12.2 Å². The Bertz CT molecular complexity index is 163. The van der Waals surface area contributed by atoms with Crippen LogP contribution in [-0.4, -0.2) is 23.6 Å². The number of hydrogen-bond donors (Lipinski definition) is 1. The van der Waals surface area contributed by atoms with Crippen molar-refractivity contribution in [3.05, 3.63) is 12.2 Å². The predicted octanol–water partition coefficient (Wildman–Crippen LogP) is 2.68. The van der Waals surface area contributed by atoms with Crippen molar-refractivity contribution in [3.8, 4) is 0 Å². The van der Waals surface area contributed by atoms with Gasteiger partial charge in [-0.25, -0.2) is 0 Å². The molecule has 0 bridgehead atoms. The molecule has 0 radical (unpaired) electrons. The molecule has 1 rings (SSSR count). The molecule has 1 nitrogen and oxygen atoms in total. The predicted molar refractivity (Wildman–Crippen MR) is 62.3 cm³/mol. The Morgan fingerprint density at radius 2 is 2.23 bits per heavy atom. The molecule has 1 heterocycles. The lowest BCUT2D eigenvalue weighted by Crippen LogP contribution is -2.35. The topological polar surface area (TPSA) is 12.0 Å². The van der Waals surface area contributed by atoms with Crippen LogP contribution in [0.2, 0.25) is 0 Å². The first-order chi connectivity index (χ1) is 6.08. The van der Waals surface area contributed by atoms with Gasteiger partial charge in [0, 0.05) is 12.1 Å². The van der Waals surface area contributed by atoms with E-state index in [-0.39, 0.29) is 5.54 Å². The molecule has 1 fully saturated rings. The van der Waals surface area contributed by atoms with Crippen molar-refractivity contribution in [2.75, 3.05) is 18.1 Å². The molecule has 1 atom stereocenters. The SMILES string of the molecule is CC(C)(C)NC/C=C/C1CCSC1. The van der Waals surface area contributed by atoms with Gasteiger partial charge in [-0.2, -0.15) is 11.8 Å². The van der Waals surface area contributed by atoms with E-state index in [9.17, 15) is 0 Å². The van der Waals surface area contributed by atoms with E-state index >= 15 is 0 Å². The van der Waals surface area contributed by atoms with Crippen LogP contribution in [0.4, 0.5) is 0 Å². The van der Waals surface area contributed by atoms with Gasteiger partial charge >= 0.3 is 0 Å². The van der Waals surface area contributed by atoms with Gasteiger partial charge in [0.05, 0.1) is 0 Å². The van der Waals surface area contributed by atoms with Gasteiger partial charge in [-0.15, -0.1) is 0 Å². The second kappa shape index (κ2) is 5.06. The highest BCUT2D eigenvalue weighted by atomic mass is 32.2. The van der Waals surface area contributed by atoms with Gasteiger partial charge in [-0.05, 0) is 44.6 Å². The van der Waals surface area contributed by atoms with Gasteiger partial charge in [0.2, 0.25) is 0 Å². The van der Waals surface area contributed by atoms with E-state index < -0.39 is 0 Å². The quantitative estimate of drug-likeness (QED) is 0.701. The second-order valence-corrected chi connectivity index (χ2v) is 5.83. The summed E-state index contributed by atoms with van der Waals surface area (Å²) in [5.41, 5.74) is 0.245. The first-order valence-electron chi connectivity index (χ1n) is 5.07. The minimum absolute atomic E-state index is 0.245. The third kappa shape index (κ3) is 5.37. The van der Waals surface area contributed by atoms with Gasteiger partial charge in [0.1, 0.15) is 0 Å². The molecule has 1 saturated heterocycles. The smallest absolute Gasteiger partial charge is 0.0139 e. The van der Waals surface area contributed by atoms with Crippen molar-refractivity contribution in [2.24, 2.45) is 5.92 Å². The molecule has 0 aromatic heterocycles. The van der Waals surface area contributed by atoms with E-state index in [1.807, 2.05) is 0 Å². The van der Waals surface area contributed by atoms with Crippen molar-refractivity contribution >= 4 is 11.8 Å². The lowest BCUT2D eigenvalue weighted by Gasteiger charge is -2.19. The highest BCUT2D eigenvalue weighted by Crippen LogP contribution is 2.23. The molecule has 0 spiro atoms. The zero-order valence-corrected chi connectivity index (χ0v) is 9.79. The van der Waals surface area contributed by atoms with E-state index in [4.69, 9.17) is 0 Å².